The van der Waals surface area contributed by atoms with Crippen molar-refractivity contribution in [2.24, 2.45) is 27.2 Å². The van der Waals surface area contributed by atoms with Crippen LogP contribution in [-0.4, -0.2) is 16.8 Å². The van der Waals surface area contributed by atoms with E-state index in [9.17, 15) is 10.1 Å². The summed E-state index contributed by atoms with van der Waals surface area (Å²) in [6.07, 6.45) is 0. The normalized spacial score (nSPS) is 11.1. The number of rotatable bonds is 2. The Balaban J connectivity index is 3.25. The maximum absolute atomic E-state index is 10.6. The number of aliphatic imine (C=N–C) groups is 2. The standard InChI is InChI=1S/C8H8Cl2N6O2/c9-3-2-6(16(17)18)4(10)1-5(3)14-8(13)15-7(11)12/h1-2H,(H6,11,12,13,14,15). The number of halogens is 2. The first-order valence-corrected chi connectivity index (χ1v) is 5.14. The van der Waals surface area contributed by atoms with Gasteiger partial charge >= 0.3 is 0 Å². The molecule has 0 spiro atoms. The van der Waals surface area contributed by atoms with Crippen molar-refractivity contribution >= 4 is 46.5 Å². The lowest BCUT2D eigenvalue weighted by molar-refractivity contribution is -0.384. The number of hydrogen-bond donors (Lipinski definition) is 3. The molecule has 1 aromatic carbocycles. The SMILES string of the molecule is NC(N)=NC(N)=Nc1cc(Cl)c([N+](=O)[O-])cc1Cl. The third-order valence-electron chi connectivity index (χ3n) is 1.69. The van der Waals surface area contributed by atoms with Gasteiger partial charge in [-0.25, -0.2) is 4.99 Å². The molecule has 0 saturated carbocycles. The lowest BCUT2D eigenvalue weighted by Crippen LogP contribution is -2.26. The van der Waals surface area contributed by atoms with E-state index in [0.717, 1.165) is 6.07 Å². The van der Waals surface area contributed by atoms with Crippen molar-refractivity contribution in [3.8, 4) is 0 Å². The molecule has 0 aromatic heterocycles. The average molecular weight is 291 g/mol. The van der Waals surface area contributed by atoms with E-state index in [1.165, 1.54) is 6.07 Å². The van der Waals surface area contributed by atoms with Gasteiger partial charge in [0.2, 0.25) is 5.96 Å². The summed E-state index contributed by atoms with van der Waals surface area (Å²) in [5, 5.41) is 10.5. The van der Waals surface area contributed by atoms with Crippen LogP contribution >= 0.6 is 23.2 Å². The average Bonchev–Trinajstić information content (AvgIpc) is 2.21. The zero-order valence-electron chi connectivity index (χ0n) is 8.80. The molecule has 10 heteroatoms. The van der Waals surface area contributed by atoms with Crippen LogP contribution in [0.15, 0.2) is 22.1 Å². The summed E-state index contributed by atoms with van der Waals surface area (Å²) < 4.78 is 0. The van der Waals surface area contributed by atoms with Gasteiger partial charge in [-0.3, -0.25) is 10.1 Å². The minimum atomic E-state index is -0.666. The predicted octanol–water partition coefficient (Wildman–Crippen LogP) is 1.12. The predicted molar refractivity (Wildman–Crippen MR) is 70.2 cm³/mol. The minimum absolute atomic E-state index is 0.000146. The summed E-state index contributed by atoms with van der Waals surface area (Å²) in [5.74, 6) is -0.526. The molecular weight excluding hydrogens is 283 g/mol. The molecule has 8 nitrogen and oxygen atoms in total. The van der Waals surface area contributed by atoms with Gasteiger partial charge in [-0.15, -0.1) is 0 Å². The zero-order chi connectivity index (χ0) is 13.9. The first-order chi connectivity index (χ1) is 8.31. The van der Waals surface area contributed by atoms with E-state index >= 15 is 0 Å². The fraction of sp³-hybridized carbons (Fsp3) is 0. The number of nitrogens with zero attached hydrogens (tertiary/aromatic N) is 3. The molecule has 0 aliphatic carbocycles. The molecule has 0 radical (unpaired) electrons. The van der Waals surface area contributed by atoms with E-state index in [4.69, 9.17) is 40.4 Å². The van der Waals surface area contributed by atoms with Crippen LogP contribution in [0.4, 0.5) is 11.4 Å². The quantitative estimate of drug-likeness (QED) is 0.323. The molecule has 0 aliphatic heterocycles. The highest BCUT2D eigenvalue weighted by atomic mass is 35.5. The molecule has 0 bridgehead atoms. The minimum Gasteiger partial charge on any atom is -0.370 e. The fourth-order valence-electron chi connectivity index (χ4n) is 1.03. The summed E-state index contributed by atoms with van der Waals surface area (Å²) in [6.45, 7) is 0. The Labute approximate surface area is 111 Å². The fourth-order valence-corrected chi connectivity index (χ4v) is 1.46. The molecule has 1 aromatic rings. The van der Waals surface area contributed by atoms with Gasteiger partial charge in [0.25, 0.3) is 5.69 Å². The lowest BCUT2D eigenvalue weighted by Gasteiger charge is -2.01. The second kappa shape index (κ2) is 5.52. The molecule has 0 atom stereocenters. The van der Waals surface area contributed by atoms with Crippen molar-refractivity contribution in [1.29, 1.82) is 0 Å². The number of nitro benzene ring substituents is 1. The van der Waals surface area contributed by atoms with Gasteiger partial charge in [0.05, 0.1) is 15.6 Å². The molecule has 0 aliphatic rings. The van der Waals surface area contributed by atoms with Crippen LogP contribution in [0.25, 0.3) is 0 Å². The number of hydrogen-bond acceptors (Lipinski definition) is 3. The summed E-state index contributed by atoms with van der Waals surface area (Å²) in [5.41, 5.74) is 15.4. The number of benzene rings is 1. The van der Waals surface area contributed by atoms with Crippen LogP contribution < -0.4 is 17.2 Å². The van der Waals surface area contributed by atoms with Crippen LogP contribution in [0.1, 0.15) is 0 Å². The van der Waals surface area contributed by atoms with Crippen LogP contribution in [0.2, 0.25) is 10.0 Å². The van der Waals surface area contributed by atoms with Gasteiger partial charge < -0.3 is 17.2 Å². The maximum Gasteiger partial charge on any atom is 0.289 e. The largest absolute Gasteiger partial charge is 0.370 e. The summed E-state index contributed by atoms with van der Waals surface area (Å²) in [6, 6.07) is 2.25. The van der Waals surface area contributed by atoms with Crippen molar-refractivity contribution in [2.45, 2.75) is 0 Å². The van der Waals surface area contributed by atoms with Crippen LogP contribution in [0.5, 0.6) is 0 Å². The first kappa shape index (κ1) is 14.0. The first-order valence-electron chi connectivity index (χ1n) is 4.38. The van der Waals surface area contributed by atoms with Crippen molar-refractivity contribution < 1.29 is 4.92 Å². The van der Waals surface area contributed by atoms with Crippen molar-refractivity contribution in [3.63, 3.8) is 0 Å². The van der Waals surface area contributed by atoms with Crippen LogP contribution in [0.3, 0.4) is 0 Å². The topological polar surface area (TPSA) is 146 Å². The molecule has 0 unspecified atom stereocenters. The molecular formula is C8H8Cl2N6O2. The molecule has 1 rings (SSSR count). The van der Waals surface area contributed by atoms with Gasteiger partial charge in [-0.2, -0.15) is 4.99 Å². The molecule has 0 saturated heterocycles. The Morgan fingerprint density at radius 2 is 1.83 bits per heavy atom. The van der Waals surface area contributed by atoms with E-state index in [2.05, 4.69) is 9.98 Å². The van der Waals surface area contributed by atoms with Crippen molar-refractivity contribution in [2.75, 3.05) is 0 Å². The highest BCUT2D eigenvalue weighted by Crippen LogP contribution is 2.35. The highest BCUT2D eigenvalue weighted by molar-refractivity contribution is 6.36. The Bertz CT molecular complexity index is 553. The number of nitrogens with two attached hydrogens (primary N) is 3. The Morgan fingerprint density at radius 1 is 1.22 bits per heavy atom. The Hall–Kier alpha value is -2.06. The van der Waals surface area contributed by atoms with Crippen LogP contribution in [-0.2, 0) is 0 Å². The van der Waals surface area contributed by atoms with Gasteiger partial charge in [-0.05, 0) is 6.07 Å². The van der Waals surface area contributed by atoms with Gasteiger partial charge in [0.1, 0.15) is 5.02 Å². The van der Waals surface area contributed by atoms with Gasteiger partial charge in [-0.1, -0.05) is 23.2 Å². The van der Waals surface area contributed by atoms with E-state index < -0.39 is 4.92 Å². The highest BCUT2D eigenvalue weighted by Gasteiger charge is 2.15. The smallest absolute Gasteiger partial charge is 0.289 e. The second-order valence-electron chi connectivity index (χ2n) is 3.02. The zero-order valence-corrected chi connectivity index (χ0v) is 10.3. The molecule has 96 valence electrons. The second-order valence-corrected chi connectivity index (χ2v) is 3.83. The monoisotopic (exact) mass is 290 g/mol. The Morgan fingerprint density at radius 3 is 2.33 bits per heavy atom. The lowest BCUT2D eigenvalue weighted by atomic mass is 10.3. The summed E-state index contributed by atoms with van der Waals surface area (Å²) in [4.78, 5) is 17.2. The van der Waals surface area contributed by atoms with Crippen molar-refractivity contribution in [1.82, 2.24) is 0 Å². The summed E-state index contributed by atoms with van der Waals surface area (Å²) in [7, 11) is 0. The molecule has 0 heterocycles. The van der Waals surface area contributed by atoms with E-state index in [0.29, 0.717) is 0 Å². The van der Waals surface area contributed by atoms with Gasteiger partial charge in [0, 0.05) is 6.07 Å². The van der Waals surface area contributed by atoms with E-state index in [-0.39, 0.29) is 33.3 Å². The van der Waals surface area contributed by atoms with Crippen molar-refractivity contribution in [3.05, 3.63) is 32.3 Å². The van der Waals surface area contributed by atoms with Crippen LogP contribution in [0, 0.1) is 10.1 Å². The third-order valence-corrected chi connectivity index (χ3v) is 2.30. The molecule has 6 N–H and O–H groups in total. The number of nitro groups is 1. The Kier molecular flexibility index (Phi) is 4.29. The summed E-state index contributed by atoms with van der Waals surface area (Å²) >= 11 is 11.5. The van der Waals surface area contributed by atoms with Gasteiger partial charge in [0.15, 0.2) is 5.96 Å². The molecule has 0 fully saturated rings. The van der Waals surface area contributed by atoms with E-state index in [1.54, 1.807) is 0 Å². The number of guanidine groups is 2. The van der Waals surface area contributed by atoms with E-state index in [1.807, 2.05) is 0 Å². The molecule has 18 heavy (non-hydrogen) atoms. The third kappa shape index (κ3) is 3.47. The molecule has 0 amide bonds. The maximum atomic E-state index is 10.6.